The third-order valence-corrected chi connectivity index (χ3v) is 5.59. The highest BCUT2D eigenvalue weighted by atomic mass is 19.1. The van der Waals surface area contributed by atoms with Crippen molar-refractivity contribution in [3.8, 4) is 34.2 Å². The zero-order chi connectivity index (χ0) is 23.8. The van der Waals surface area contributed by atoms with Crippen LogP contribution in [0.4, 0.5) is 4.39 Å². The largest absolute Gasteiger partial charge is 0.493 e. The normalized spacial score (nSPS) is 11.2. The van der Waals surface area contributed by atoms with Crippen LogP contribution < -0.4 is 15.0 Å². The Morgan fingerprint density at radius 2 is 1.85 bits per heavy atom. The topological polar surface area (TPSA) is 83.8 Å². The average molecular weight is 460 g/mol. The Morgan fingerprint density at radius 1 is 1.06 bits per heavy atom. The number of fused-ring (bicyclic) bond motifs is 1. The summed E-state index contributed by atoms with van der Waals surface area (Å²) in [5, 5.41) is 4.44. The first kappa shape index (κ1) is 21.4. The third-order valence-electron chi connectivity index (χ3n) is 5.59. The number of methoxy groups -OCH3 is 2. The molecule has 0 N–H and O–H groups in total. The molecule has 0 radical (unpaired) electrons. The molecule has 3 heterocycles. The highest BCUT2D eigenvalue weighted by Crippen LogP contribution is 2.38. The van der Waals surface area contributed by atoms with E-state index in [9.17, 15) is 9.18 Å². The predicted molar refractivity (Wildman–Crippen MR) is 124 cm³/mol. The van der Waals surface area contributed by atoms with Crippen LogP contribution in [0.25, 0.3) is 28.2 Å². The number of hydrogen-bond acceptors (Lipinski definition) is 6. The Labute approximate surface area is 193 Å². The fraction of sp³-hybridized carbons (Fsp3) is 0.160. The van der Waals surface area contributed by atoms with Crippen molar-refractivity contribution in [2.24, 2.45) is 0 Å². The lowest BCUT2D eigenvalue weighted by Crippen LogP contribution is -2.22. The number of oxazole rings is 1. The van der Waals surface area contributed by atoms with Crippen molar-refractivity contribution < 1.29 is 18.3 Å². The number of hydrogen-bond donors (Lipinski definition) is 0. The zero-order valence-electron chi connectivity index (χ0n) is 18.8. The number of ether oxygens (including phenoxy) is 2. The van der Waals surface area contributed by atoms with E-state index in [0.29, 0.717) is 45.6 Å². The monoisotopic (exact) mass is 460 g/mol. The maximum Gasteiger partial charge on any atom is 0.276 e. The molecule has 0 unspecified atom stereocenters. The summed E-state index contributed by atoms with van der Waals surface area (Å²) in [6, 6.07) is 13.1. The van der Waals surface area contributed by atoms with Crippen molar-refractivity contribution in [3.05, 3.63) is 88.5 Å². The van der Waals surface area contributed by atoms with E-state index in [1.165, 1.54) is 16.6 Å². The van der Waals surface area contributed by atoms with Crippen LogP contribution in [-0.4, -0.2) is 33.4 Å². The van der Waals surface area contributed by atoms with E-state index in [4.69, 9.17) is 13.9 Å². The van der Waals surface area contributed by atoms with Gasteiger partial charge in [0.2, 0.25) is 5.89 Å². The lowest BCUT2D eigenvalue weighted by Gasteiger charge is -2.10. The van der Waals surface area contributed by atoms with Gasteiger partial charge in [-0.3, -0.25) is 4.79 Å². The molecule has 0 fully saturated rings. The summed E-state index contributed by atoms with van der Waals surface area (Å²) in [4.78, 5) is 17.8. The molecule has 2 aromatic carbocycles. The Bertz CT molecular complexity index is 1550. The quantitative estimate of drug-likeness (QED) is 0.375. The number of benzene rings is 2. The number of rotatable bonds is 6. The molecule has 0 aliphatic carbocycles. The molecule has 0 saturated heterocycles. The summed E-state index contributed by atoms with van der Waals surface area (Å²) in [6.07, 6.45) is 3.35. The smallest absolute Gasteiger partial charge is 0.276 e. The molecule has 5 aromatic rings. The Kier molecular flexibility index (Phi) is 5.37. The van der Waals surface area contributed by atoms with Gasteiger partial charge < -0.3 is 18.5 Å². The highest BCUT2D eigenvalue weighted by molar-refractivity contribution is 5.68. The van der Waals surface area contributed by atoms with Gasteiger partial charge in [-0.15, -0.1) is 0 Å². The molecule has 0 bridgehead atoms. The molecule has 3 aromatic heterocycles. The first-order valence-corrected chi connectivity index (χ1v) is 10.5. The van der Waals surface area contributed by atoms with Crippen LogP contribution in [0.5, 0.6) is 11.5 Å². The molecule has 0 aliphatic heterocycles. The predicted octanol–water partition coefficient (Wildman–Crippen LogP) is 4.33. The van der Waals surface area contributed by atoms with Gasteiger partial charge in [0.05, 0.1) is 32.0 Å². The van der Waals surface area contributed by atoms with Crippen LogP contribution >= 0.6 is 0 Å². The standard InChI is InChI=1S/C25H21FN4O4/c1-15-20(27-24(34-15)18-5-4-6-22(32-2)23(18)33-3)14-29-11-12-30-21(25(29)31)13-19(28-30)16-7-9-17(26)10-8-16/h4-13H,14H2,1-3H3. The highest BCUT2D eigenvalue weighted by Gasteiger charge is 2.19. The van der Waals surface area contributed by atoms with Crippen molar-refractivity contribution >= 4 is 5.52 Å². The van der Waals surface area contributed by atoms with Gasteiger partial charge in [-0.25, -0.2) is 13.9 Å². The molecule has 0 saturated carbocycles. The summed E-state index contributed by atoms with van der Waals surface area (Å²) in [6.45, 7) is 2.02. The van der Waals surface area contributed by atoms with Crippen LogP contribution in [0.1, 0.15) is 11.5 Å². The first-order chi connectivity index (χ1) is 16.5. The van der Waals surface area contributed by atoms with Crippen LogP contribution in [-0.2, 0) is 6.54 Å². The van der Waals surface area contributed by atoms with E-state index >= 15 is 0 Å². The fourth-order valence-electron chi connectivity index (χ4n) is 3.82. The van der Waals surface area contributed by atoms with Crippen molar-refractivity contribution in [2.45, 2.75) is 13.5 Å². The van der Waals surface area contributed by atoms with Crippen LogP contribution in [0, 0.1) is 12.7 Å². The van der Waals surface area contributed by atoms with Crippen LogP contribution in [0.15, 0.2) is 70.1 Å². The number of aromatic nitrogens is 4. The van der Waals surface area contributed by atoms with Gasteiger partial charge in [-0.05, 0) is 49.4 Å². The van der Waals surface area contributed by atoms with Crippen molar-refractivity contribution in [3.63, 3.8) is 0 Å². The fourth-order valence-corrected chi connectivity index (χ4v) is 3.82. The summed E-state index contributed by atoms with van der Waals surface area (Å²) >= 11 is 0. The molecule has 34 heavy (non-hydrogen) atoms. The van der Waals surface area contributed by atoms with Gasteiger partial charge in [0.25, 0.3) is 5.56 Å². The SMILES string of the molecule is COc1cccc(-c2nc(Cn3ccn4nc(-c5ccc(F)cc5)cc4c3=O)c(C)o2)c1OC. The van der Waals surface area contributed by atoms with Crippen LogP contribution in [0.2, 0.25) is 0 Å². The van der Waals surface area contributed by atoms with Gasteiger partial charge in [-0.2, -0.15) is 5.10 Å². The van der Waals surface area contributed by atoms with E-state index in [1.54, 1.807) is 62.4 Å². The number of aryl methyl sites for hydroxylation is 1. The first-order valence-electron chi connectivity index (χ1n) is 10.5. The Balaban J connectivity index is 1.50. The minimum absolute atomic E-state index is 0.216. The van der Waals surface area contributed by atoms with Crippen molar-refractivity contribution in [1.29, 1.82) is 0 Å². The lowest BCUT2D eigenvalue weighted by molar-refractivity contribution is 0.355. The summed E-state index contributed by atoms with van der Waals surface area (Å²) in [5.74, 6) is 1.72. The number of para-hydroxylation sites is 1. The lowest BCUT2D eigenvalue weighted by atomic mass is 10.1. The van der Waals surface area contributed by atoms with Gasteiger partial charge >= 0.3 is 0 Å². The molecule has 9 heteroatoms. The summed E-state index contributed by atoms with van der Waals surface area (Å²) < 4.78 is 33.1. The molecule has 0 atom stereocenters. The van der Waals surface area contributed by atoms with Gasteiger partial charge in [0.1, 0.15) is 22.8 Å². The Hall–Kier alpha value is -4.40. The number of halogens is 1. The van der Waals surface area contributed by atoms with E-state index in [2.05, 4.69) is 10.1 Å². The maximum absolute atomic E-state index is 13.2. The minimum atomic E-state index is -0.330. The van der Waals surface area contributed by atoms with E-state index in [0.717, 1.165) is 5.56 Å². The van der Waals surface area contributed by atoms with E-state index < -0.39 is 0 Å². The maximum atomic E-state index is 13.2. The summed E-state index contributed by atoms with van der Waals surface area (Å²) in [5.41, 5.74) is 2.74. The van der Waals surface area contributed by atoms with Crippen molar-refractivity contribution in [2.75, 3.05) is 14.2 Å². The van der Waals surface area contributed by atoms with Crippen molar-refractivity contribution in [1.82, 2.24) is 19.2 Å². The summed E-state index contributed by atoms with van der Waals surface area (Å²) in [7, 11) is 3.12. The molecule has 5 rings (SSSR count). The average Bonchev–Trinajstić information content (AvgIpc) is 3.45. The molecule has 172 valence electrons. The van der Waals surface area contributed by atoms with Gasteiger partial charge in [0, 0.05) is 18.0 Å². The molecule has 0 spiro atoms. The van der Waals surface area contributed by atoms with Gasteiger partial charge in [0.15, 0.2) is 11.5 Å². The third kappa shape index (κ3) is 3.71. The molecular weight excluding hydrogens is 439 g/mol. The molecule has 0 amide bonds. The molecular formula is C25H21FN4O4. The number of nitrogens with zero attached hydrogens (tertiary/aromatic N) is 4. The van der Waals surface area contributed by atoms with E-state index in [1.807, 2.05) is 12.1 Å². The second-order valence-corrected chi connectivity index (χ2v) is 7.66. The van der Waals surface area contributed by atoms with E-state index in [-0.39, 0.29) is 17.9 Å². The second-order valence-electron chi connectivity index (χ2n) is 7.66. The van der Waals surface area contributed by atoms with Crippen LogP contribution in [0.3, 0.4) is 0 Å². The molecule has 8 nitrogen and oxygen atoms in total. The Morgan fingerprint density at radius 3 is 2.59 bits per heavy atom. The zero-order valence-corrected chi connectivity index (χ0v) is 18.8. The van der Waals surface area contributed by atoms with Gasteiger partial charge in [-0.1, -0.05) is 6.07 Å². The second kappa shape index (κ2) is 8.51. The molecule has 0 aliphatic rings. The minimum Gasteiger partial charge on any atom is -0.493 e.